The lowest BCUT2D eigenvalue weighted by Gasteiger charge is -2.71. The third-order valence-corrected chi connectivity index (χ3v) is 19.1. The van der Waals surface area contributed by atoms with Gasteiger partial charge in [0.15, 0.2) is 18.9 Å². The fourth-order valence-electron chi connectivity index (χ4n) is 14.8. The Morgan fingerprint density at radius 2 is 1.41 bits per heavy atom. The van der Waals surface area contributed by atoms with Crippen molar-refractivity contribution in [1.29, 1.82) is 0 Å². The van der Waals surface area contributed by atoms with E-state index in [2.05, 4.69) is 40.7 Å². The Labute approximate surface area is 376 Å². The Morgan fingerprint density at radius 1 is 0.719 bits per heavy atom. The van der Waals surface area contributed by atoms with E-state index in [0.29, 0.717) is 19.3 Å². The summed E-state index contributed by atoms with van der Waals surface area (Å²) in [6, 6.07) is 0. The van der Waals surface area contributed by atoms with Crippen molar-refractivity contribution in [2.45, 2.75) is 205 Å². The first kappa shape index (κ1) is 49.0. The monoisotopic (exact) mass is 913 g/mol. The quantitative estimate of drug-likeness (QED) is 0.116. The molecule has 366 valence electrons. The fraction of sp³-hybridized carbons (Fsp3) is 0.936. The van der Waals surface area contributed by atoms with Gasteiger partial charge in [-0.15, -0.1) is 0 Å². The number of aliphatic hydroxyl groups is 9. The van der Waals surface area contributed by atoms with Crippen LogP contribution in [0.3, 0.4) is 0 Å². The number of carboxylic acid groups (broad SMARTS) is 1. The van der Waals surface area contributed by atoms with Gasteiger partial charge in [0.1, 0.15) is 61.0 Å². The highest BCUT2D eigenvalue weighted by Gasteiger charge is 2.70. The maximum absolute atomic E-state index is 13.1. The molecule has 23 atom stereocenters. The van der Waals surface area contributed by atoms with Crippen LogP contribution in [0.5, 0.6) is 0 Å². The zero-order valence-corrected chi connectivity index (χ0v) is 38.5. The summed E-state index contributed by atoms with van der Waals surface area (Å²) in [5.74, 6) is -0.333. The maximum atomic E-state index is 13.1. The van der Waals surface area contributed by atoms with Gasteiger partial charge in [-0.2, -0.15) is 0 Å². The number of aliphatic hydroxyl groups excluding tert-OH is 9. The summed E-state index contributed by atoms with van der Waals surface area (Å²) in [6.45, 7) is 14.0. The van der Waals surface area contributed by atoms with E-state index in [1.54, 1.807) is 0 Å². The minimum Gasteiger partial charge on any atom is -0.481 e. The van der Waals surface area contributed by atoms with Gasteiger partial charge in [-0.1, -0.05) is 53.2 Å². The lowest BCUT2D eigenvalue weighted by molar-refractivity contribution is -0.382. The molecule has 0 spiro atoms. The van der Waals surface area contributed by atoms with Gasteiger partial charge in [-0.3, -0.25) is 4.79 Å². The third-order valence-electron chi connectivity index (χ3n) is 19.1. The Bertz CT molecular complexity index is 1750. The molecule has 4 saturated carbocycles. The van der Waals surface area contributed by atoms with Gasteiger partial charge in [0.25, 0.3) is 0 Å². The number of fused-ring (bicyclic) bond motifs is 7. The predicted octanol–water partition coefficient (Wildman–Crippen LogP) is 1.35. The average Bonchev–Trinajstić information content (AvgIpc) is 3.24. The van der Waals surface area contributed by atoms with Crippen molar-refractivity contribution in [1.82, 2.24) is 0 Å². The van der Waals surface area contributed by atoms with E-state index in [0.717, 1.165) is 44.9 Å². The van der Waals surface area contributed by atoms with Crippen LogP contribution in [-0.2, 0) is 33.2 Å². The Kier molecular flexibility index (Phi) is 13.2. The highest BCUT2D eigenvalue weighted by Crippen LogP contribution is 2.76. The number of aliphatic carboxylic acids is 1. The molecule has 10 N–H and O–H groups in total. The normalized spacial score (nSPS) is 55.0. The van der Waals surface area contributed by atoms with Crippen LogP contribution in [0, 0.1) is 50.2 Å². The first-order chi connectivity index (χ1) is 29.9. The van der Waals surface area contributed by atoms with Crippen LogP contribution in [0.1, 0.15) is 113 Å². The predicted molar refractivity (Wildman–Crippen MR) is 225 cm³/mol. The van der Waals surface area contributed by atoms with Crippen molar-refractivity contribution in [2.75, 3.05) is 19.8 Å². The lowest BCUT2D eigenvalue weighted by Crippen LogP contribution is -2.67. The summed E-state index contributed by atoms with van der Waals surface area (Å²) >= 11 is 0. The van der Waals surface area contributed by atoms with E-state index in [-0.39, 0.29) is 52.6 Å². The van der Waals surface area contributed by atoms with E-state index in [9.17, 15) is 55.9 Å². The van der Waals surface area contributed by atoms with E-state index in [4.69, 9.17) is 28.4 Å². The van der Waals surface area contributed by atoms with Crippen molar-refractivity contribution < 1.29 is 84.3 Å². The topological polar surface area (TPSA) is 275 Å². The van der Waals surface area contributed by atoms with E-state index >= 15 is 0 Å². The largest absolute Gasteiger partial charge is 0.481 e. The summed E-state index contributed by atoms with van der Waals surface area (Å²) in [5.41, 5.74) is -0.496. The molecular weight excluding hydrogens is 837 g/mol. The van der Waals surface area contributed by atoms with Crippen LogP contribution in [0.2, 0.25) is 0 Å². The number of allylic oxidation sites excluding steroid dienone is 2. The number of hydrogen-bond acceptors (Lipinski definition) is 16. The van der Waals surface area contributed by atoms with Gasteiger partial charge >= 0.3 is 5.97 Å². The van der Waals surface area contributed by atoms with Crippen molar-refractivity contribution in [2.24, 2.45) is 50.2 Å². The highest BCUT2D eigenvalue weighted by atomic mass is 16.8. The molecule has 3 heterocycles. The molecule has 0 bridgehead atoms. The Balaban J connectivity index is 0.967. The van der Waals surface area contributed by atoms with Crippen LogP contribution >= 0.6 is 0 Å². The molecule has 8 aliphatic rings. The van der Waals surface area contributed by atoms with Crippen molar-refractivity contribution in [3.8, 4) is 0 Å². The van der Waals surface area contributed by atoms with Crippen LogP contribution < -0.4 is 0 Å². The fourth-order valence-corrected chi connectivity index (χ4v) is 14.8. The van der Waals surface area contributed by atoms with E-state index < -0.39 is 116 Å². The molecule has 17 nitrogen and oxygen atoms in total. The highest BCUT2D eigenvalue weighted by molar-refractivity contribution is 5.76. The molecule has 23 unspecified atom stereocenters. The molecule has 0 radical (unpaired) electrons. The summed E-state index contributed by atoms with van der Waals surface area (Å²) in [7, 11) is 0. The molecule has 17 heteroatoms. The molecular formula is C47H76O17. The van der Waals surface area contributed by atoms with Crippen LogP contribution in [0.15, 0.2) is 11.6 Å². The summed E-state index contributed by atoms with van der Waals surface area (Å²) < 4.78 is 35.8. The third kappa shape index (κ3) is 7.49. The maximum Gasteiger partial charge on any atom is 0.310 e. The summed E-state index contributed by atoms with van der Waals surface area (Å²) in [5, 5.41) is 108. The standard InChI is InChI=1S/C47H76O17/c1-22-30(50)33(53)36(56)39(60-22)64-37-34(54)31(51)25(19-48)61-40(37)62-26-20-59-38(35(55)32(26)52)63-29-11-12-43(4)27(44(29,5)21-49)10-13-46(7)28(43)9-8-23-24-18-42(2,3)14-16-47(24,41(57)58)17-15-45(23,46)6/h8,22,24-40,48-56H,9-21H2,1-7H3,(H,57,58). The molecule has 0 aromatic heterocycles. The first-order valence-electron chi connectivity index (χ1n) is 23.7. The molecule has 64 heavy (non-hydrogen) atoms. The smallest absolute Gasteiger partial charge is 0.310 e. The van der Waals surface area contributed by atoms with Gasteiger partial charge in [-0.05, 0) is 111 Å². The zero-order valence-electron chi connectivity index (χ0n) is 38.5. The summed E-state index contributed by atoms with van der Waals surface area (Å²) in [4.78, 5) is 13.1. The van der Waals surface area contributed by atoms with Crippen LogP contribution in [0.4, 0.5) is 0 Å². The molecule has 5 aliphatic carbocycles. The Morgan fingerprint density at radius 3 is 2.08 bits per heavy atom. The lowest BCUT2D eigenvalue weighted by atomic mass is 9.33. The van der Waals surface area contributed by atoms with Crippen molar-refractivity contribution >= 4 is 5.97 Å². The first-order valence-corrected chi connectivity index (χ1v) is 23.7. The van der Waals surface area contributed by atoms with Gasteiger partial charge in [0, 0.05) is 5.41 Å². The molecule has 3 saturated heterocycles. The van der Waals surface area contributed by atoms with Crippen LogP contribution in [0.25, 0.3) is 0 Å². The molecule has 7 fully saturated rings. The second kappa shape index (κ2) is 17.2. The molecule has 8 rings (SSSR count). The number of rotatable bonds is 9. The second-order valence-electron chi connectivity index (χ2n) is 22.9. The second-order valence-corrected chi connectivity index (χ2v) is 22.9. The van der Waals surface area contributed by atoms with Gasteiger partial charge in [0.2, 0.25) is 0 Å². The van der Waals surface area contributed by atoms with Crippen molar-refractivity contribution in [3.63, 3.8) is 0 Å². The minimum absolute atomic E-state index is 0.00625. The van der Waals surface area contributed by atoms with Crippen LogP contribution in [-0.4, -0.2) is 169 Å². The number of ether oxygens (including phenoxy) is 6. The SMILES string of the molecule is CC1OC(OC2C(OC3COC(OC4CCC5(C)C(CCC6(C)C5CC=C5C7CC(C)(C)CCC7(C(=O)O)CCC56C)C4(C)CO)C(O)C3O)OC(CO)C(O)C2O)C(O)C(O)C1O. The number of hydrogen-bond donors (Lipinski definition) is 10. The van der Waals surface area contributed by atoms with E-state index in [1.165, 1.54) is 12.5 Å². The minimum atomic E-state index is -1.78. The molecule has 3 aliphatic heterocycles. The molecule has 0 aromatic rings. The number of carboxylic acids is 1. The zero-order chi connectivity index (χ0) is 46.7. The average molecular weight is 913 g/mol. The molecule has 0 amide bonds. The van der Waals surface area contributed by atoms with Gasteiger partial charge in [0.05, 0.1) is 37.4 Å². The summed E-state index contributed by atoms with van der Waals surface area (Å²) in [6.07, 6.45) is -11.6. The van der Waals surface area contributed by atoms with E-state index in [1.807, 2.05) is 6.92 Å². The Hall–Kier alpha value is -1.39. The van der Waals surface area contributed by atoms with Crippen molar-refractivity contribution in [3.05, 3.63) is 11.6 Å². The number of carbonyl (C=O) groups is 1. The van der Waals surface area contributed by atoms with Gasteiger partial charge in [-0.25, -0.2) is 0 Å². The van der Waals surface area contributed by atoms with Gasteiger partial charge < -0.3 is 79.5 Å². The molecule has 0 aromatic carbocycles.